The molecule has 0 aliphatic carbocycles. The zero-order valence-corrected chi connectivity index (χ0v) is 16.5. The van der Waals surface area contributed by atoms with E-state index < -0.39 is 6.04 Å². The van der Waals surface area contributed by atoms with E-state index in [0.717, 1.165) is 5.56 Å². The lowest BCUT2D eigenvalue weighted by molar-refractivity contribution is -0.134. The zero-order valence-electron chi connectivity index (χ0n) is 14.9. The van der Waals surface area contributed by atoms with Gasteiger partial charge in [0, 0.05) is 22.5 Å². The van der Waals surface area contributed by atoms with Crippen molar-refractivity contribution in [1.29, 1.82) is 0 Å². The number of hydrogen-bond acceptors (Lipinski definition) is 5. The molecule has 0 bridgehead atoms. The predicted octanol–water partition coefficient (Wildman–Crippen LogP) is 3.97. The van der Waals surface area contributed by atoms with Gasteiger partial charge in [-0.2, -0.15) is 4.80 Å². The van der Waals surface area contributed by atoms with Crippen molar-refractivity contribution < 1.29 is 4.79 Å². The zero-order chi connectivity index (χ0) is 18.7. The number of aryl methyl sites for hydroxylation is 1. The van der Waals surface area contributed by atoms with E-state index in [4.69, 9.17) is 11.6 Å². The molecule has 1 unspecified atom stereocenters. The van der Waals surface area contributed by atoms with Crippen LogP contribution in [0, 0.1) is 6.92 Å². The van der Waals surface area contributed by atoms with Crippen molar-refractivity contribution in [2.75, 3.05) is 7.05 Å². The summed E-state index contributed by atoms with van der Waals surface area (Å²) in [6, 6.07) is 8.80. The number of thiophene rings is 1. The van der Waals surface area contributed by atoms with Gasteiger partial charge in [-0.1, -0.05) is 18.5 Å². The smallest absolute Gasteiger partial charge is 0.249 e. The summed E-state index contributed by atoms with van der Waals surface area (Å²) < 4.78 is 0. The van der Waals surface area contributed by atoms with E-state index in [1.807, 2.05) is 24.4 Å². The molecule has 1 amide bonds. The monoisotopic (exact) mass is 389 g/mol. The van der Waals surface area contributed by atoms with E-state index >= 15 is 0 Å². The van der Waals surface area contributed by atoms with Gasteiger partial charge < -0.3 is 4.90 Å². The average molecular weight is 390 g/mol. The Kier molecular flexibility index (Phi) is 5.68. The fourth-order valence-corrected chi connectivity index (χ4v) is 3.71. The number of carbonyl (C=O) groups is 1. The van der Waals surface area contributed by atoms with Crippen LogP contribution in [-0.4, -0.2) is 38.1 Å². The summed E-state index contributed by atoms with van der Waals surface area (Å²) in [5.74, 6) is 0.449. The molecular weight excluding hydrogens is 370 g/mol. The van der Waals surface area contributed by atoms with Crippen LogP contribution in [0.1, 0.15) is 29.8 Å². The number of aromatic nitrogens is 4. The van der Waals surface area contributed by atoms with Crippen molar-refractivity contribution >= 4 is 28.8 Å². The summed E-state index contributed by atoms with van der Waals surface area (Å²) in [7, 11) is 1.81. The Bertz CT molecular complexity index is 889. The lowest BCUT2D eigenvalue weighted by atomic mass is 10.2. The number of hydrogen-bond donors (Lipinski definition) is 0. The van der Waals surface area contributed by atoms with Gasteiger partial charge in [-0.25, -0.2) is 0 Å². The van der Waals surface area contributed by atoms with Crippen molar-refractivity contribution in [2.45, 2.75) is 32.9 Å². The molecule has 8 heteroatoms. The number of tetrazole rings is 1. The standard InChI is InChI=1S/C18H20ClN5OS/c1-4-15(18(25)23(3)11-16-12(2)9-10-26-16)24-21-17(20-22-24)13-5-7-14(19)8-6-13/h5-10,15H,4,11H2,1-3H3. The minimum Gasteiger partial charge on any atom is -0.339 e. The average Bonchev–Trinajstić information content (AvgIpc) is 3.26. The van der Waals surface area contributed by atoms with Crippen LogP contribution < -0.4 is 0 Å². The van der Waals surface area contributed by atoms with Crippen LogP contribution in [0.15, 0.2) is 35.7 Å². The first-order valence-corrected chi connectivity index (χ1v) is 9.58. The third-order valence-corrected chi connectivity index (χ3v) is 5.47. The summed E-state index contributed by atoms with van der Waals surface area (Å²) in [5.41, 5.74) is 2.01. The van der Waals surface area contributed by atoms with E-state index in [2.05, 4.69) is 28.4 Å². The van der Waals surface area contributed by atoms with Crippen LogP contribution in [0.2, 0.25) is 5.02 Å². The van der Waals surface area contributed by atoms with Gasteiger partial charge in [0.25, 0.3) is 0 Å². The summed E-state index contributed by atoms with van der Waals surface area (Å²) in [6.07, 6.45) is 0.586. The fraction of sp³-hybridized carbons (Fsp3) is 0.333. The van der Waals surface area contributed by atoms with Gasteiger partial charge in [0.15, 0.2) is 6.04 Å². The molecular formula is C18H20ClN5OS. The molecule has 0 aliphatic heterocycles. The van der Waals surface area contributed by atoms with Crippen molar-refractivity contribution in [1.82, 2.24) is 25.1 Å². The molecule has 3 rings (SSSR count). The Morgan fingerprint density at radius 3 is 2.65 bits per heavy atom. The van der Waals surface area contributed by atoms with Crippen molar-refractivity contribution in [3.63, 3.8) is 0 Å². The lowest BCUT2D eigenvalue weighted by Gasteiger charge is -2.22. The molecule has 1 atom stereocenters. The first-order valence-electron chi connectivity index (χ1n) is 8.33. The van der Waals surface area contributed by atoms with Gasteiger partial charge in [0.1, 0.15) is 0 Å². The van der Waals surface area contributed by atoms with Gasteiger partial charge in [-0.3, -0.25) is 4.79 Å². The number of rotatable bonds is 6. The van der Waals surface area contributed by atoms with E-state index in [1.54, 1.807) is 35.4 Å². The fourth-order valence-electron chi connectivity index (χ4n) is 2.62. The van der Waals surface area contributed by atoms with Crippen LogP contribution in [0.3, 0.4) is 0 Å². The van der Waals surface area contributed by atoms with Gasteiger partial charge >= 0.3 is 0 Å². The topological polar surface area (TPSA) is 63.9 Å². The summed E-state index contributed by atoms with van der Waals surface area (Å²) in [5, 5.41) is 15.3. The highest BCUT2D eigenvalue weighted by atomic mass is 35.5. The third-order valence-electron chi connectivity index (χ3n) is 4.21. The molecule has 2 heterocycles. The molecule has 6 nitrogen and oxygen atoms in total. The maximum Gasteiger partial charge on any atom is 0.249 e. The number of likely N-dealkylation sites (N-methyl/N-ethyl adjacent to an activating group) is 1. The Balaban J connectivity index is 1.76. The van der Waals surface area contributed by atoms with Gasteiger partial charge in [0.2, 0.25) is 11.7 Å². The van der Waals surface area contributed by atoms with Gasteiger partial charge in [-0.15, -0.1) is 21.5 Å². The first kappa shape index (κ1) is 18.5. The van der Waals surface area contributed by atoms with Crippen LogP contribution in [0.4, 0.5) is 0 Å². The third kappa shape index (κ3) is 3.94. The van der Waals surface area contributed by atoms with E-state index in [9.17, 15) is 4.79 Å². The van der Waals surface area contributed by atoms with Crippen LogP contribution >= 0.6 is 22.9 Å². The summed E-state index contributed by atoms with van der Waals surface area (Å²) in [6.45, 7) is 4.58. The molecule has 0 fully saturated rings. The molecule has 0 spiro atoms. The maximum atomic E-state index is 12.9. The minimum atomic E-state index is -0.478. The molecule has 0 saturated heterocycles. The van der Waals surface area contributed by atoms with Crippen LogP contribution in [-0.2, 0) is 11.3 Å². The second kappa shape index (κ2) is 7.97. The minimum absolute atomic E-state index is 0.0274. The van der Waals surface area contributed by atoms with E-state index in [0.29, 0.717) is 23.8 Å². The highest BCUT2D eigenvalue weighted by molar-refractivity contribution is 7.10. The largest absolute Gasteiger partial charge is 0.339 e. The van der Waals surface area contributed by atoms with E-state index in [1.165, 1.54) is 15.2 Å². The van der Waals surface area contributed by atoms with Gasteiger partial charge in [0.05, 0.1) is 6.54 Å². The number of benzene rings is 1. The molecule has 26 heavy (non-hydrogen) atoms. The van der Waals surface area contributed by atoms with Crippen molar-refractivity contribution in [2.24, 2.45) is 0 Å². The molecule has 0 radical (unpaired) electrons. The van der Waals surface area contributed by atoms with E-state index in [-0.39, 0.29) is 5.91 Å². The lowest BCUT2D eigenvalue weighted by Crippen LogP contribution is -2.34. The highest BCUT2D eigenvalue weighted by Crippen LogP contribution is 2.21. The maximum absolute atomic E-state index is 12.9. The molecule has 0 aliphatic rings. The van der Waals surface area contributed by atoms with Crippen molar-refractivity contribution in [3.8, 4) is 11.4 Å². The second-order valence-electron chi connectivity index (χ2n) is 6.09. The van der Waals surface area contributed by atoms with Crippen LogP contribution in [0.25, 0.3) is 11.4 Å². The predicted molar refractivity (Wildman–Crippen MR) is 103 cm³/mol. The normalized spacial score (nSPS) is 12.2. The Labute approximate surface area is 161 Å². The quantitative estimate of drug-likeness (QED) is 0.639. The number of nitrogens with zero attached hydrogens (tertiary/aromatic N) is 5. The second-order valence-corrected chi connectivity index (χ2v) is 7.52. The highest BCUT2D eigenvalue weighted by Gasteiger charge is 2.25. The number of amides is 1. The SMILES string of the molecule is CCC(C(=O)N(C)Cc1sccc1C)n1nnc(-c2ccc(Cl)cc2)n1. The molecule has 2 aromatic heterocycles. The number of halogens is 1. The molecule has 3 aromatic rings. The first-order chi connectivity index (χ1) is 12.5. The summed E-state index contributed by atoms with van der Waals surface area (Å²) >= 11 is 7.57. The Morgan fingerprint density at radius 1 is 1.31 bits per heavy atom. The number of carbonyl (C=O) groups excluding carboxylic acids is 1. The molecule has 136 valence electrons. The van der Waals surface area contributed by atoms with Crippen LogP contribution in [0.5, 0.6) is 0 Å². The van der Waals surface area contributed by atoms with Gasteiger partial charge in [-0.05, 0) is 59.8 Å². The molecule has 1 aromatic carbocycles. The molecule has 0 saturated carbocycles. The van der Waals surface area contributed by atoms with Crippen molar-refractivity contribution in [3.05, 3.63) is 51.2 Å². The summed E-state index contributed by atoms with van der Waals surface area (Å²) in [4.78, 5) is 17.2. The Hall–Kier alpha value is -2.25. The Morgan fingerprint density at radius 2 is 2.04 bits per heavy atom. The molecule has 0 N–H and O–H groups in total.